The molecule has 1 fully saturated rings. The van der Waals surface area contributed by atoms with E-state index < -0.39 is 0 Å². The van der Waals surface area contributed by atoms with Gasteiger partial charge in [0.05, 0.1) is 18.9 Å². The Hall–Kier alpha value is -4.01. The van der Waals surface area contributed by atoms with Crippen LogP contribution >= 0.6 is 0 Å². The van der Waals surface area contributed by atoms with Gasteiger partial charge in [-0.2, -0.15) is 0 Å². The Kier molecular flexibility index (Phi) is 9.53. The third-order valence-electron chi connectivity index (χ3n) is 5.34. The van der Waals surface area contributed by atoms with Crippen LogP contribution < -0.4 is 15.0 Å². The first-order valence-electron chi connectivity index (χ1n) is 11.8. The van der Waals surface area contributed by atoms with Crippen LogP contribution in [0, 0.1) is 6.92 Å². The maximum Gasteiger partial charge on any atom is 0.251 e. The zero-order chi connectivity index (χ0) is 25.0. The van der Waals surface area contributed by atoms with E-state index in [0.717, 1.165) is 11.3 Å². The summed E-state index contributed by atoms with van der Waals surface area (Å²) in [5.41, 5.74) is 2.33. The van der Waals surface area contributed by atoms with Gasteiger partial charge in [-0.05, 0) is 24.6 Å². The second-order valence-corrected chi connectivity index (χ2v) is 7.73. The first kappa shape index (κ1) is 25.6. The minimum absolute atomic E-state index is 0. The molecule has 4 rings (SSSR count). The molecule has 0 bridgehead atoms. The quantitative estimate of drug-likeness (QED) is 0.557. The van der Waals surface area contributed by atoms with Crippen LogP contribution in [0.3, 0.4) is 0 Å². The number of carbonyl (C=O) groups is 2. The summed E-state index contributed by atoms with van der Waals surface area (Å²) in [5, 5.41) is 2.69. The standard InChI is InChI=1S/C24H26N6O3.C2H6.H2/c1-18-13-20(7-8-25-18)23(32)26-16-22(31)29-9-11-30(12-10-29)24-27-14-21(15-28-24)33-17-19-5-3-2-4-6-19;1-2;/h2-8,13-15H,9-12,16-17H2,1H3,(H,26,32);1-2H3;1H. The summed E-state index contributed by atoms with van der Waals surface area (Å²) in [6.07, 6.45) is 4.91. The van der Waals surface area contributed by atoms with Crippen molar-refractivity contribution in [3.05, 3.63) is 77.9 Å². The van der Waals surface area contributed by atoms with Crippen molar-refractivity contribution in [1.29, 1.82) is 0 Å². The maximum atomic E-state index is 12.5. The molecular weight excluding hydrogens is 444 g/mol. The van der Waals surface area contributed by atoms with Gasteiger partial charge in [0.2, 0.25) is 11.9 Å². The highest BCUT2D eigenvalue weighted by atomic mass is 16.5. The normalized spacial score (nSPS) is 12.9. The van der Waals surface area contributed by atoms with Crippen LogP contribution in [-0.2, 0) is 11.4 Å². The lowest BCUT2D eigenvalue weighted by Crippen LogP contribution is -2.51. The Morgan fingerprint density at radius 1 is 1.00 bits per heavy atom. The van der Waals surface area contributed by atoms with Crippen LogP contribution in [0.1, 0.15) is 36.9 Å². The molecule has 186 valence electrons. The van der Waals surface area contributed by atoms with Crippen LogP contribution in [0.15, 0.2) is 61.1 Å². The van der Waals surface area contributed by atoms with Crippen LogP contribution in [0.4, 0.5) is 5.95 Å². The molecule has 0 atom stereocenters. The van der Waals surface area contributed by atoms with E-state index in [0.29, 0.717) is 50.0 Å². The van der Waals surface area contributed by atoms with E-state index in [2.05, 4.69) is 20.3 Å². The molecule has 3 aromatic rings. The molecule has 3 heterocycles. The number of hydrogen-bond donors (Lipinski definition) is 1. The summed E-state index contributed by atoms with van der Waals surface area (Å²) >= 11 is 0. The van der Waals surface area contributed by atoms with Crippen molar-refractivity contribution >= 4 is 17.8 Å². The smallest absolute Gasteiger partial charge is 0.251 e. The number of piperazine rings is 1. The molecule has 2 amide bonds. The predicted octanol–water partition coefficient (Wildman–Crippen LogP) is 3.11. The van der Waals surface area contributed by atoms with Crippen molar-refractivity contribution in [3.63, 3.8) is 0 Å². The highest BCUT2D eigenvalue weighted by Crippen LogP contribution is 2.15. The van der Waals surface area contributed by atoms with Crippen molar-refractivity contribution < 1.29 is 15.8 Å². The molecule has 0 aliphatic carbocycles. The molecule has 1 saturated heterocycles. The molecule has 1 aliphatic rings. The number of carbonyl (C=O) groups excluding carboxylic acids is 2. The van der Waals surface area contributed by atoms with E-state index in [4.69, 9.17) is 4.74 Å². The van der Waals surface area contributed by atoms with Crippen LogP contribution in [-0.4, -0.2) is 64.4 Å². The lowest BCUT2D eigenvalue weighted by atomic mass is 10.2. The molecule has 0 saturated carbocycles. The SMILES string of the molecule is CC.Cc1cc(C(=O)NCC(=O)N2CCN(c3ncc(OCc4ccccc4)cn3)CC2)ccn1.[HH]. The van der Waals surface area contributed by atoms with E-state index in [9.17, 15) is 9.59 Å². The van der Waals surface area contributed by atoms with Crippen molar-refractivity contribution in [1.82, 2.24) is 25.2 Å². The number of rotatable bonds is 7. The first-order valence-corrected chi connectivity index (χ1v) is 11.8. The van der Waals surface area contributed by atoms with Crippen molar-refractivity contribution in [2.24, 2.45) is 0 Å². The van der Waals surface area contributed by atoms with Gasteiger partial charge in [-0.25, -0.2) is 9.97 Å². The third-order valence-corrected chi connectivity index (χ3v) is 5.34. The summed E-state index contributed by atoms with van der Waals surface area (Å²) in [4.78, 5) is 41.4. The van der Waals surface area contributed by atoms with E-state index in [-0.39, 0.29) is 19.8 Å². The molecular formula is C26H34N6O3. The summed E-state index contributed by atoms with van der Waals surface area (Å²) in [5.74, 6) is 0.821. The molecule has 0 spiro atoms. The molecule has 2 aromatic heterocycles. The van der Waals surface area contributed by atoms with E-state index >= 15 is 0 Å². The number of anilines is 1. The number of pyridine rings is 1. The topological polar surface area (TPSA) is 101 Å². The Morgan fingerprint density at radius 2 is 1.69 bits per heavy atom. The molecule has 0 radical (unpaired) electrons. The van der Waals surface area contributed by atoms with Gasteiger partial charge in [-0.3, -0.25) is 14.6 Å². The molecule has 9 heteroatoms. The van der Waals surface area contributed by atoms with Crippen molar-refractivity contribution in [2.45, 2.75) is 27.4 Å². The highest BCUT2D eigenvalue weighted by Gasteiger charge is 2.23. The minimum Gasteiger partial charge on any atom is -0.486 e. The van der Waals surface area contributed by atoms with Gasteiger partial charge in [-0.15, -0.1) is 0 Å². The first-order chi connectivity index (χ1) is 17.1. The molecule has 1 N–H and O–H groups in total. The summed E-state index contributed by atoms with van der Waals surface area (Å²) in [6.45, 7) is 8.56. The monoisotopic (exact) mass is 478 g/mol. The zero-order valence-electron chi connectivity index (χ0n) is 20.5. The minimum atomic E-state index is -0.282. The summed E-state index contributed by atoms with van der Waals surface area (Å²) in [6, 6.07) is 13.2. The van der Waals surface area contributed by atoms with Crippen molar-refractivity contribution in [2.75, 3.05) is 37.6 Å². The lowest BCUT2D eigenvalue weighted by molar-refractivity contribution is -0.130. The molecule has 1 aliphatic heterocycles. The molecule has 1 aromatic carbocycles. The number of aromatic nitrogens is 3. The van der Waals surface area contributed by atoms with Crippen LogP contribution in [0.5, 0.6) is 5.75 Å². The maximum absolute atomic E-state index is 12.5. The van der Waals surface area contributed by atoms with Crippen LogP contribution in [0.25, 0.3) is 0 Å². The van der Waals surface area contributed by atoms with Crippen molar-refractivity contribution in [3.8, 4) is 5.75 Å². The Bertz CT molecular complexity index is 1090. The number of nitrogens with one attached hydrogen (secondary N) is 1. The Morgan fingerprint density at radius 3 is 2.34 bits per heavy atom. The summed E-state index contributed by atoms with van der Waals surface area (Å²) in [7, 11) is 0. The largest absolute Gasteiger partial charge is 0.486 e. The van der Waals surface area contributed by atoms with Gasteiger partial charge >= 0.3 is 0 Å². The predicted molar refractivity (Wildman–Crippen MR) is 136 cm³/mol. The number of nitrogens with zero attached hydrogens (tertiary/aromatic N) is 5. The van der Waals surface area contributed by atoms with Gasteiger partial charge in [0.15, 0.2) is 5.75 Å². The molecule has 9 nitrogen and oxygen atoms in total. The fourth-order valence-corrected chi connectivity index (χ4v) is 3.50. The van der Waals surface area contributed by atoms with Crippen LogP contribution in [0.2, 0.25) is 0 Å². The second-order valence-electron chi connectivity index (χ2n) is 7.73. The number of benzene rings is 1. The number of aryl methyl sites for hydroxylation is 1. The van der Waals surface area contributed by atoms with Gasteiger partial charge in [0, 0.05) is 45.1 Å². The van der Waals surface area contributed by atoms with Gasteiger partial charge < -0.3 is 19.9 Å². The van der Waals surface area contributed by atoms with E-state index in [1.807, 2.05) is 56.0 Å². The van der Waals surface area contributed by atoms with Gasteiger partial charge in [0.1, 0.15) is 6.61 Å². The van der Waals surface area contributed by atoms with E-state index in [1.165, 1.54) is 0 Å². The second kappa shape index (κ2) is 13.0. The summed E-state index contributed by atoms with van der Waals surface area (Å²) < 4.78 is 5.73. The Labute approximate surface area is 207 Å². The fraction of sp³-hybridized carbons (Fsp3) is 0.346. The van der Waals surface area contributed by atoms with Gasteiger partial charge in [-0.1, -0.05) is 44.2 Å². The Balaban J connectivity index is 0.00000148. The third kappa shape index (κ3) is 7.49. The number of hydrogen-bond acceptors (Lipinski definition) is 7. The number of ether oxygens (including phenoxy) is 1. The zero-order valence-corrected chi connectivity index (χ0v) is 20.5. The average Bonchev–Trinajstić information content (AvgIpc) is 2.92. The fourth-order valence-electron chi connectivity index (χ4n) is 3.50. The molecule has 0 unspecified atom stereocenters. The highest BCUT2D eigenvalue weighted by molar-refractivity contribution is 5.96. The van der Waals surface area contributed by atoms with Gasteiger partial charge in [0.25, 0.3) is 5.91 Å². The average molecular weight is 479 g/mol. The number of amides is 2. The lowest BCUT2D eigenvalue weighted by Gasteiger charge is -2.34. The van der Waals surface area contributed by atoms with E-state index in [1.54, 1.807) is 35.6 Å². The molecule has 35 heavy (non-hydrogen) atoms.